The number of unbranched alkanes of at least 4 members (excludes halogenated alkanes) is 3. The van der Waals surface area contributed by atoms with Gasteiger partial charge in [0.05, 0.1) is 12.8 Å². The zero-order chi connectivity index (χ0) is 13.2. The first-order valence-corrected chi connectivity index (χ1v) is 7.66. The molecule has 0 aliphatic heterocycles. The molecule has 4 heteroatoms. The summed E-state index contributed by atoms with van der Waals surface area (Å²) in [6, 6.07) is 3.94. The fourth-order valence-corrected chi connectivity index (χ4v) is 2.22. The molecule has 0 aromatic carbocycles. The highest BCUT2D eigenvalue weighted by Crippen LogP contribution is 2.13. The molecule has 0 saturated heterocycles. The largest absolute Gasteiger partial charge is 0.497 e. The second-order valence-electron chi connectivity index (χ2n) is 4.42. The highest BCUT2D eigenvalue weighted by molar-refractivity contribution is 9.09. The normalized spacial score (nSPS) is 10.6. The van der Waals surface area contributed by atoms with Crippen LogP contribution in [0.25, 0.3) is 0 Å². The van der Waals surface area contributed by atoms with Crippen LogP contribution < -0.4 is 10.1 Å². The van der Waals surface area contributed by atoms with E-state index < -0.39 is 0 Å². The number of hydrogen-bond donors (Lipinski definition) is 1. The van der Waals surface area contributed by atoms with Crippen LogP contribution in [0.3, 0.4) is 0 Å². The van der Waals surface area contributed by atoms with Crippen molar-refractivity contribution in [2.24, 2.45) is 0 Å². The van der Waals surface area contributed by atoms with Gasteiger partial charge in [-0.3, -0.25) is 4.98 Å². The molecule has 0 spiro atoms. The van der Waals surface area contributed by atoms with Crippen molar-refractivity contribution in [2.75, 3.05) is 19.0 Å². The van der Waals surface area contributed by atoms with E-state index >= 15 is 0 Å². The number of aromatic nitrogens is 1. The predicted octanol–water partition coefficient (Wildman–Crippen LogP) is 3.44. The molecule has 0 atom stereocenters. The Kier molecular flexibility index (Phi) is 8.01. The topological polar surface area (TPSA) is 34.1 Å². The van der Waals surface area contributed by atoms with Gasteiger partial charge in [-0.1, -0.05) is 28.8 Å². The minimum Gasteiger partial charge on any atom is -0.497 e. The summed E-state index contributed by atoms with van der Waals surface area (Å²) < 4.78 is 5.24. The van der Waals surface area contributed by atoms with Crippen molar-refractivity contribution in [3.05, 3.63) is 23.5 Å². The first kappa shape index (κ1) is 15.4. The molecule has 0 aliphatic rings. The molecule has 1 N–H and O–H groups in total. The van der Waals surface area contributed by atoms with Crippen LogP contribution in [-0.4, -0.2) is 24.0 Å². The molecule has 18 heavy (non-hydrogen) atoms. The fraction of sp³-hybridized carbons (Fsp3) is 0.643. The lowest BCUT2D eigenvalue weighted by Gasteiger charge is -2.07. The maximum Gasteiger partial charge on any atom is 0.122 e. The van der Waals surface area contributed by atoms with Gasteiger partial charge >= 0.3 is 0 Å². The lowest BCUT2D eigenvalue weighted by Crippen LogP contribution is -2.15. The molecule has 0 bridgehead atoms. The van der Waals surface area contributed by atoms with Crippen molar-refractivity contribution in [3.63, 3.8) is 0 Å². The van der Waals surface area contributed by atoms with E-state index in [0.29, 0.717) is 0 Å². The van der Waals surface area contributed by atoms with E-state index in [0.717, 1.165) is 35.6 Å². The SMILES string of the molecule is COc1cc(C)nc(CNCCCCCCBr)c1. The predicted molar refractivity (Wildman–Crippen MR) is 79.5 cm³/mol. The highest BCUT2D eigenvalue weighted by atomic mass is 79.9. The van der Waals surface area contributed by atoms with Gasteiger partial charge in [0.15, 0.2) is 0 Å². The first-order valence-electron chi connectivity index (χ1n) is 6.54. The van der Waals surface area contributed by atoms with Gasteiger partial charge in [-0.25, -0.2) is 0 Å². The van der Waals surface area contributed by atoms with Crippen LogP contribution in [-0.2, 0) is 6.54 Å². The van der Waals surface area contributed by atoms with E-state index in [1.165, 1.54) is 25.7 Å². The molecule has 0 radical (unpaired) electrons. The fourth-order valence-electron chi connectivity index (χ4n) is 1.83. The molecule has 0 unspecified atom stereocenters. The summed E-state index contributed by atoms with van der Waals surface area (Å²) in [6.45, 7) is 3.86. The van der Waals surface area contributed by atoms with Crippen LogP contribution in [0.5, 0.6) is 5.75 Å². The lowest BCUT2D eigenvalue weighted by molar-refractivity contribution is 0.412. The zero-order valence-corrected chi connectivity index (χ0v) is 12.9. The van der Waals surface area contributed by atoms with Crippen LogP contribution >= 0.6 is 15.9 Å². The second kappa shape index (κ2) is 9.34. The molecule has 1 aromatic heterocycles. The van der Waals surface area contributed by atoms with Gasteiger partial charge in [0.25, 0.3) is 0 Å². The van der Waals surface area contributed by atoms with Crippen molar-refractivity contribution >= 4 is 15.9 Å². The molecule has 3 nitrogen and oxygen atoms in total. The summed E-state index contributed by atoms with van der Waals surface area (Å²) >= 11 is 3.45. The lowest BCUT2D eigenvalue weighted by atomic mass is 10.2. The Balaban J connectivity index is 2.20. The van der Waals surface area contributed by atoms with E-state index in [2.05, 4.69) is 26.2 Å². The number of ether oxygens (including phenoxy) is 1. The summed E-state index contributed by atoms with van der Waals surface area (Å²) in [4.78, 5) is 4.48. The second-order valence-corrected chi connectivity index (χ2v) is 5.21. The maximum absolute atomic E-state index is 5.24. The Hall–Kier alpha value is -0.610. The monoisotopic (exact) mass is 314 g/mol. The van der Waals surface area contributed by atoms with Gasteiger partial charge in [0.2, 0.25) is 0 Å². The van der Waals surface area contributed by atoms with Gasteiger partial charge in [-0.05, 0) is 26.3 Å². The third-order valence-corrected chi connectivity index (χ3v) is 3.32. The van der Waals surface area contributed by atoms with Crippen LogP contribution in [0.15, 0.2) is 12.1 Å². The zero-order valence-electron chi connectivity index (χ0n) is 11.3. The van der Waals surface area contributed by atoms with Gasteiger partial charge in [-0.2, -0.15) is 0 Å². The number of pyridine rings is 1. The van der Waals surface area contributed by atoms with E-state index in [1.807, 2.05) is 19.1 Å². The molecular formula is C14H23BrN2O. The Morgan fingerprint density at radius 2 is 2.00 bits per heavy atom. The van der Waals surface area contributed by atoms with E-state index in [1.54, 1.807) is 7.11 Å². The summed E-state index contributed by atoms with van der Waals surface area (Å²) in [7, 11) is 1.69. The number of alkyl halides is 1. The Bertz CT molecular complexity index is 345. The van der Waals surface area contributed by atoms with E-state index in [9.17, 15) is 0 Å². The highest BCUT2D eigenvalue weighted by Gasteiger charge is 2.00. The molecule has 102 valence electrons. The maximum atomic E-state index is 5.24. The number of nitrogens with zero attached hydrogens (tertiary/aromatic N) is 1. The van der Waals surface area contributed by atoms with Crippen molar-refractivity contribution in [1.82, 2.24) is 10.3 Å². The first-order chi connectivity index (χ1) is 8.76. The average molecular weight is 315 g/mol. The number of nitrogens with one attached hydrogen (secondary N) is 1. The summed E-state index contributed by atoms with van der Waals surface area (Å²) in [5, 5.41) is 4.55. The smallest absolute Gasteiger partial charge is 0.122 e. The average Bonchev–Trinajstić information content (AvgIpc) is 2.37. The minimum atomic E-state index is 0.816. The Morgan fingerprint density at radius 1 is 1.22 bits per heavy atom. The molecule has 0 fully saturated rings. The van der Waals surface area contributed by atoms with Crippen molar-refractivity contribution in [2.45, 2.75) is 39.2 Å². The number of methoxy groups -OCH3 is 1. The number of halogens is 1. The molecule has 1 heterocycles. The minimum absolute atomic E-state index is 0.816. The third kappa shape index (κ3) is 6.36. The molecular weight excluding hydrogens is 292 g/mol. The molecule has 1 rings (SSSR count). The van der Waals surface area contributed by atoms with E-state index in [-0.39, 0.29) is 0 Å². The number of hydrogen-bond acceptors (Lipinski definition) is 3. The summed E-state index contributed by atoms with van der Waals surface area (Å²) in [5.74, 6) is 0.886. The van der Waals surface area contributed by atoms with Gasteiger partial charge in [0.1, 0.15) is 5.75 Å². The van der Waals surface area contributed by atoms with Gasteiger partial charge in [-0.15, -0.1) is 0 Å². The van der Waals surface area contributed by atoms with Crippen molar-refractivity contribution < 1.29 is 4.74 Å². The van der Waals surface area contributed by atoms with Crippen LogP contribution in [0.4, 0.5) is 0 Å². The van der Waals surface area contributed by atoms with Crippen LogP contribution in [0, 0.1) is 6.92 Å². The Morgan fingerprint density at radius 3 is 2.72 bits per heavy atom. The molecule has 1 aromatic rings. The standard InChI is InChI=1S/C14H23BrN2O/c1-12-9-14(18-2)10-13(17-12)11-16-8-6-4-3-5-7-15/h9-10,16H,3-8,11H2,1-2H3. The van der Waals surface area contributed by atoms with Gasteiger partial charge < -0.3 is 10.1 Å². The molecule has 0 saturated carbocycles. The van der Waals surface area contributed by atoms with Crippen molar-refractivity contribution in [1.29, 1.82) is 0 Å². The molecule has 0 aliphatic carbocycles. The summed E-state index contributed by atoms with van der Waals surface area (Å²) in [6.07, 6.45) is 5.11. The van der Waals surface area contributed by atoms with E-state index in [4.69, 9.17) is 4.74 Å². The third-order valence-electron chi connectivity index (χ3n) is 2.76. The Labute approximate surface area is 118 Å². The van der Waals surface area contributed by atoms with Gasteiger partial charge in [0, 0.05) is 29.7 Å². The number of aryl methyl sites for hydroxylation is 1. The summed E-state index contributed by atoms with van der Waals surface area (Å²) in [5.41, 5.74) is 2.05. The van der Waals surface area contributed by atoms with Crippen LogP contribution in [0.2, 0.25) is 0 Å². The quantitative estimate of drug-likeness (QED) is 0.560. The van der Waals surface area contributed by atoms with Crippen LogP contribution in [0.1, 0.15) is 37.1 Å². The van der Waals surface area contributed by atoms with Crippen molar-refractivity contribution in [3.8, 4) is 5.75 Å². The molecule has 0 amide bonds. The number of rotatable bonds is 9.